The SMILES string of the molecule is O=S(O)N(NCC(O)C(F)(F)F)C1CC2(CNC2)C1. The van der Waals surface area contributed by atoms with Crippen molar-refractivity contribution in [2.24, 2.45) is 5.41 Å². The Morgan fingerprint density at radius 1 is 1.47 bits per heavy atom. The number of aliphatic hydroxyl groups is 1. The quantitative estimate of drug-likeness (QED) is 0.410. The standard InChI is InChI=1S/C9H16F3N3O3S/c10-9(11,12)7(16)3-14-15(19(17)18)6-1-8(2-6)4-13-5-8/h6-7,13-14,16H,1-5H2,(H,17,18). The summed E-state index contributed by atoms with van der Waals surface area (Å²) in [4.78, 5) is 0. The zero-order valence-corrected chi connectivity index (χ0v) is 10.8. The highest BCUT2D eigenvalue weighted by Crippen LogP contribution is 2.46. The smallest absolute Gasteiger partial charge is 0.382 e. The van der Waals surface area contributed by atoms with Gasteiger partial charge in [0.25, 0.3) is 0 Å². The number of hydrogen-bond acceptors (Lipinski definition) is 4. The van der Waals surface area contributed by atoms with Gasteiger partial charge in [0.1, 0.15) is 0 Å². The van der Waals surface area contributed by atoms with Crippen molar-refractivity contribution >= 4 is 11.3 Å². The van der Waals surface area contributed by atoms with Crippen LogP contribution >= 0.6 is 0 Å². The fourth-order valence-corrected chi connectivity index (χ4v) is 3.07. The Labute approximate surface area is 110 Å². The van der Waals surface area contributed by atoms with Crippen LogP contribution in [-0.2, 0) is 11.3 Å². The van der Waals surface area contributed by atoms with E-state index in [1.807, 2.05) is 0 Å². The van der Waals surface area contributed by atoms with Crippen LogP contribution in [0.15, 0.2) is 0 Å². The average Bonchev–Trinajstić information content (AvgIpc) is 2.15. The van der Waals surface area contributed by atoms with Crippen LogP contribution in [0, 0.1) is 5.41 Å². The van der Waals surface area contributed by atoms with Gasteiger partial charge in [0.2, 0.25) is 11.3 Å². The zero-order valence-electron chi connectivity index (χ0n) is 9.98. The first-order valence-corrected chi connectivity index (χ1v) is 6.89. The summed E-state index contributed by atoms with van der Waals surface area (Å²) in [5, 5.41) is 11.9. The number of aliphatic hydroxyl groups excluding tert-OH is 1. The van der Waals surface area contributed by atoms with Gasteiger partial charge in [-0.1, -0.05) is 0 Å². The lowest BCUT2D eigenvalue weighted by Crippen LogP contribution is -2.67. The Bertz CT molecular complexity index is 356. The maximum Gasteiger partial charge on any atom is 0.415 e. The molecule has 2 rings (SSSR count). The summed E-state index contributed by atoms with van der Waals surface area (Å²) in [5.74, 6) is 0. The van der Waals surface area contributed by atoms with E-state index in [9.17, 15) is 17.4 Å². The fraction of sp³-hybridized carbons (Fsp3) is 1.00. The van der Waals surface area contributed by atoms with E-state index < -0.39 is 30.1 Å². The highest BCUT2D eigenvalue weighted by atomic mass is 32.2. The van der Waals surface area contributed by atoms with E-state index in [0.29, 0.717) is 12.8 Å². The van der Waals surface area contributed by atoms with Crippen molar-refractivity contribution in [3.05, 3.63) is 0 Å². The first kappa shape index (κ1) is 15.1. The van der Waals surface area contributed by atoms with E-state index in [1.165, 1.54) is 0 Å². The summed E-state index contributed by atoms with van der Waals surface area (Å²) >= 11 is -2.41. The molecule has 6 nitrogen and oxygen atoms in total. The lowest BCUT2D eigenvalue weighted by Gasteiger charge is -2.56. The Hall–Kier alpha value is -0.260. The van der Waals surface area contributed by atoms with E-state index in [0.717, 1.165) is 17.5 Å². The predicted octanol–water partition coefficient (Wildman–Crippen LogP) is -0.395. The van der Waals surface area contributed by atoms with E-state index in [4.69, 9.17) is 9.66 Å². The topological polar surface area (TPSA) is 84.8 Å². The number of rotatable bonds is 5. The number of hydrazine groups is 1. The Kier molecular flexibility index (Phi) is 4.19. The maximum absolute atomic E-state index is 12.1. The van der Waals surface area contributed by atoms with Crippen LogP contribution in [0.25, 0.3) is 0 Å². The van der Waals surface area contributed by atoms with Crippen LogP contribution in [0.4, 0.5) is 13.2 Å². The minimum atomic E-state index is -4.74. The highest BCUT2D eigenvalue weighted by Gasteiger charge is 2.51. The van der Waals surface area contributed by atoms with Crippen LogP contribution in [0.5, 0.6) is 0 Å². The van der Waals surface area contributed by atoms with Crippen molar-refractivity contribution in [1.82, 2.24) is 15.2 Å². The van der Waals surface area contributed by atoms with Crippen molar-refractivity contribution in [3.8, 4) is 0 Å². The molecule has 2 aliphatic rings. The molecule has 1 aliphatic heterocycles. The van der Waals surface area contributed by atoms with Crippen LogP contribution in [0.3, 0.4) is 0 Å². The number of alkyl halides is 3. The van der Waals surface area contributed by atoms with Crippen molar-refractivity contribution in [2.45, 2.75) is 31.2 Å². The molecule has 10 heteroatoms. The lowest BCUT2D eigenvalue weighted by atomic mass is 9.62. The second-order valence-corrected chi connectivity index (χ2v) is 6.00. The number of nitrogens with one attached hydrogen (secondary N) is 2. The van der Waals surface area contributed by atoms with Gasteiger partial charge >= 0.3 is 6.18 Å². The Morgan fingerprint density at radius 3 is 2.42 bits per heavy atom. The molecule has 2 unspecified atom stereocenters. The molecule has 0 aromatic carbocycles. The molecule has 1 spiro atoms. The van der Waals surface area contributed by atoms with E-state index >= 15 is 0 Å². The van der Waals surface area contributed by atoms with Gasteiger partial charge in [0.15, 0.2) is 6.10 Å². The Morgan fingerprint density at radius 2 is 2.05 bits per heavy atom. The molecule has 0 bridgehead atoms. The average molecular weight is 303 g/mol. The van der Waals surface area contributed by atoms with Crippen LogP contribution in [0.2, 0.25) is 0 Å². The molecule has 19 heavy (non-hydrogen) atoms. The first-order chi connectivity index (χ1) is 8.73. The summed E-state index contributed by atoms with van der Waals surface area (Å²) in [6.07, 6.45) is -5.99. The first-order valence-electron chi connectivity index (χ1n) is 5.83. The van der Waals surface area contributed by atoms with Crippen LogP contribution in [-0.4, -0.2) is 56.2 Å². The normalized spacial score (nSPS) is 26.0. The molecule has 2 fully saturated rings. The monoisotopic (exact) mass is 303 g/mol. The van der Waals surface area contributed by atoms with E-state index in [-0.39, 0.29) is 11.5 Å². The van der Waals surface area contributed by atoms with Crippen molar-refractivity contribution in [2.75, 3.05) is 19.6 Å². The van der Waals surface area contributed by atoms with Crippen molar-refractivity contribution in [3.63, 3.8) is 0 Å². The molecule has 0 aromatic rings. The molecule has 1 saturated carbocycles. The number of hydrogen-bond donors (Lipinski definition) is 4. The second kappa shape index (κ2) is 5.26. The molecule has 1 aliphatic carbocycles. The third-order valence-corrected chi connectivity index (χ3v) is 4.42. The lowest BCUT2D eigenvalue weighted by molar-refractivity contribution is -0.204. The number of halogens is 3. The second-order valence-electron chi connectivity index (χ2n) is 5.14. The van der Waals surface area contributed by atoms with E-state index in [1.54, 1.807) is 0 Å². The summed E-state index contributed by atoms with van der Waals surface area (Å²) in [6, 6.07) is -0.284. The Balaban J connectivity index is 1.82. The van der Waals surface area contributed by atoms with Gasteiger partial charge in [-0.15, -0.1) is 4.41 Å². The van der Waals surface area contributed by atoms with Gasteiger partial charge in [0, 0.05) is 25.7 Å². The minimum Gasteiger partial charge on any atom is -0.382 e. The van der Waals surface area contributed by atoms with Gasteiger partial charge in [0.05, 0.1) is 0 Å². The third kappa shape index (κ3) is 3.26. The summed E-state index contributed by atoms with van der Waals surface area (Å²) in [7, 11) is 0. The van der Waals surface area contributed by atoms with Crippen LogP contribution < -0.4 is 10.7 Å². The van der Waals surface area contributed by atoms with Gasteiger partial charge in [-0.3, -0.25) is 4.55 Å². The molecule has 0 radical (unpaired) electrons. The minimum absolute atomic E-state index is 0.132. The summed E-state index contributed by atoms with van der Waals surface area (Å²) < 4.78 is 57.5. The molecular weight excluding hydrogens is 287 g/mol. The van der Waals surface area contributed by atoms with Gasteiger partial charge in [-0.05, 0) is 18.3 Å². The fourth-order valence-electron chi connectivity index (χ4n) is 2.48. The maximum atomic E-state index is 12.1. The largest absolute Gasteiger partial charge is 0.415 e. The molecule has 1 heterocycles. The summed E-state index contributed by atoms with van der Waals surface area (Å²) in [6.45, 7) is 0.832. The molecule has 112 valence electrons. The van der Waals surface area contributed by atoms with Crippen molar-refractivity contribution in [1.29, 1.82) is 0 Å². The summed E-state index contributed by atoms with van der Waals surface area (Å²) in [5.41, 5.74) is 2.34. The molecule has 0 aromatic heterocycles. The molecule has 2 atom stereocenters. The molecule has 4 N–H and O–H groups in total. The number of nitrogens with zero attached hydrogens (tertiary/aromatic N) is 1. The predicted molar refractivity (Wildman–Crippen MR) is 61.0 cm³/mol. The van der Waals surface area contributed by atoms with Crippen LogP contribution in [0.1, 0.15) is 12.8 Å². The highest BCUT2D eigenvalue weighted by molar-refractivity contribution is 7.76. The van der Waals surface area contributed by atoms with Gasteiger partial charge < -0.3 is 10.4 Å². The van der Waals surface area contributed by atoms with Crippen molar-refractivity contribution < 1.29 is 27.0 Å². The van der Waals surface area contributed by atoms with E-state index in [2.05, 4.69) is 10.7 Å². The molecule has 1 saturated heterocycles. The zero-order chi connectivity index (χ0) is 14.3. The molecule has 0 amide bonds. The third-order valence-electron chi connectivity index (χ3n) is 3.66. The molecular formula is C9H16F3N3O3S. The van der Waals surface area contributed by atoms with Gasteiger partial charge in [-0.2, -0.15) is 13.2 Å². The van der Waals surface area contributed by atoms with Gasteiger partial charge in [-0.25, -0.2) is 9.63 Å².